The van der Waals surface area contributed by atoms with Gasteiger partial charge in [-0.3, -0.25) is 4.79 Å². The van der Waals surface area contributed by atoms with Crippen LogP contribution in [0.2, 0.25) is 5.02 Å². The van der Waals surface area contributed by atoms with Gasteiger partial charge in [-0.25, -0.2) is 9.97 Å². The number of amides is 1. The van der Waals surface area contributed by atoms with Crippen molar-refractivity contribution in [2.75, 3.05) is 6.54 Å². The monoisotopic (exact) mass is 387 g/mol. The van der Waals surface area contributed by atoms with E-state index in [1.165, 1.54) is 11.3 Å². The summed E-state index contributed by atoms with van der Waals surface area (Å²) < 4.78 is 5.98. The maximum atomic E-state index is 12.9. The van der Waals surface area contributed by atoms with Gasteiger partial charge in [-0.15, -0.1) is 11.3 Å². The Kier molecular flexibility index (Phi) is 4.78. The smallest absolute Gasteiger partial charge is 0.266 e. The standard InChI is InChI=1S/C19H18ClN3O2S/c1-12-17(26-11-22-12)19(24)23-8-4-7-16(23)18-21-10-14(25-18)9-13-5-2-3-6-15(13)20/h2-3,5-6,10-11,16H,4,7-9H2,1H3/t16-/m1/s1. The van der Waals surface area contributed by atoms with E-state index < -0.39 is 0 Å². The third kappa shape index (κ3) is 3.27. The number of halogens is 1. The lowest BCUT2D eigenvalue weighted by Gasteiger charge is -2.21. The first-order chi connectivity index (χ1) is 12.6. The summed E-state index contributed by atoms with van der Waals surface area (Å²) in [6.45, 7) is 2.57. The number of likely N-dealkylation sites (tertiary alicyclic amines) is 1. The van der Waals surface area contributed by atoms with Gasteiger partial charge in [0.05, 0.1) is 17.4 Å². The van der Waals surface area contributed by atoms with E-state index in [1.807, 2.05) is 36.1 Å². The van der Waals surface area contributed by atoms with Gasteiger partial charge in [0.2, 0.25) is 5.89 Å². The van der Waals surface area contributed by atoms with Crippen LogP contribution in [0.5, 0.6) is 0 Å². The summed E-state index contributed by atoms with van der Waals surface area (Å²) in [5.41, 5.74) is 3.48. The number of benzene rings is 1. The third-order valence-electron chi connectivity index (χ3n) is 4.63. The number of hydrogen-bond donors (Lipinski definition) is 0. The molecule has 4 rings (SSSR count). The molecular weight excluding hydrogens is 370 g/mol. The molecular formula is C19H18ClN3O2S. The zero-order chi connectivity index (χ0) is 18.1. The lowest BCUT2D eigenvalue weighted by Crippen LogP contribution is -2.30. The van der Waals surface area contributed by atoms with Crippen molar-refractivity contribution in [3.05, 3.63) is 68.8 Å². The Morgan fingerprint density at radius 2 is 2.23 bits per heavy atom. The molecule has 7 heteroatoms. The lowest BCUT2D eigenvalue weighted by molar-refractivity contribution is 0.0718. The van der Waals surface area contributed by atoms with E-state index in [1.54, 1.807) is 11.7 Å². The normalized spacial score (nSPS) is 17.0. The second-order valence-corrected chi connectivity index (χ2v) is 7.62. The van der Waals surface area contributed by atoms with Gasteiger partial charge < -0.3 is 9.32 Å². The van der Waals surface area contributed by atoms with Crippen LogP contribution in [-0.4, -0.2) is 27.3 Å². The van der Waals surface area contributed by atoms with Gasteiger partial charge in [0.15, 0.2) is 0 Å². The minimum atomic E-state index is -0.121. The fourth-order valence-corrected chi connectivity index (χ4v) is 4.25. The summed E-state index contributed by atoms with van der Waals surface area (Å²) >= 11 is 7.61. The highest BCUT2D eigenvalue weighted by Crippen LogP contribution is 2.34. The van der Waals surface area contributed by atoms with Crippen molar-refractivity contribution in [1.82, 2.24) is 14.9 Å². The molecule has 1 atom stereocenters. The number of aryl methyl sites for hydroxylation is 1. The molecule has 1 aromatic carbocycles. The average Bonchev–Trinajstić information content (AvgIpc) is 3.36. The molecule has 26 heavy (non-hydrogen) atoms. The first-order valence-corrected chi connectivity index (χ1v) is 9.78. The van der Waals surface area contributed by atoms with Crippen molar-refractivity contribution >= 4 is 28.8 Å². The molecule has 134 valence electrons. The van der Waals surface area contributed by atoms with E-state index in [0.29, 0.717) is 28.8 Å². The van der Waals surface area contributed by atoms with Crippen molar-refractivity contribution in [3.8, 4) is 0 Å². The molecule has 0 saturated carbocycles. The van der Waals surface area contributed by atoms with Crippen molar-refractivity contribution in [1.29, 1.82) is 0 Å². The SMILES string of the molecule is Cc1ncsc1C(=O)N1CCC[C@@H]1c1ncc(Cc2ccccc2Cl)o1. The number of nitrogens with zero attached hydrogens (tertiary/aromatic N) is 3. The number of aromatic nitrogens is 2. The van der Waals surface area contributed by atoms with E-state index in [-0.39, 0.29) is 11.9 Å². The van der Waals surface area contributed by atoms with Gasteiger partial charge in [-0.2, -0.15) is 0 Å². The molecule has 2 aromatic heterocycles. The molecule has 0 spiro atoms. The Hall–Kier alpha value is -2.18. The Balaban J connectivity index is 1.54. The van der Waals surface area contributed by atoms with Crippen LogP contribution in [0.15, 0.2) is 40.4 Å². The van der Waals surface area contributed by atoms with Crippen LogP contribution in [0.3, 0.4) is 0 Å². The zero-order valence-corrected chi connectivity index (χ0v) is 15.9. The number of carbonyl (C=O) groups is 1. The second kappa shape index (κ2) is 7.21. The Labute approximate surface area is 160 Å². The third-order valence-corrected chi connectivity index (χ3v) is 5.92. The molecule has 0 N–H and O–H groups in total. The van der Waals surface area contributed by atoms with Crippen LogP contribution in [0.1, 0.15) is 51.5 Å². The number of carbonyl (C=O) groups excluding carboxylic acids is 1. The number of oxazole rings is 1. The first kappa shape index (κ1) is 17.2. The molecule has 0 unspecified atom stereocenters. The fourth-order valence-electron chi connectivity index (χ4n) is 3.29. The molecule has 0 bridgehead atoms. The summed E-state index contributed by atoms with van der Waals surface area (Å²) in [6, 6.07) is 7.57. The molecule has 1 saturated heterocycles. The molecule has 5 nitrogen and oxygen atoms in total. The predicted octanol–water partition coefficient (Wildman–Crippen LogP) is 4.66. The predicted molar refractivity (Wildman–Crippen MR) is 101 cm³/mol. The maximum absolute atomic E-state index is 12.9. The van der Waals surface area contributed by atoms with Crippen LogP contribution in [-0.2, 0) is 6.42 Å². The highest BCUT2D eigenvalue weighted by molar-refractivity contribution is 7.11. The van der Waals surface area contributed by atoms with E-state index >= 15 is 0 Å². The van der Waals surface area contributed by atoms with Gasteiger partial charge in [-0.1, -0.05) is 29.8 Å². The largest absolute Gasteiger partial charge is 0.443 e. The van der Waals surface area contributed by atoms with Gasteiger partial charge >= 0.3 is 0 Å². The molecule has 1 amide bonds. The highest BCUT2D eigenvalue weighted by atomic mass is 35.5. The zero-order valence-electron chi connectivity index (χ0n) is 14.3. The van der Waals surface area contributed by atoms with Crippen LogP contribution < -0.4 is 0 Å². The maximum Gasteiger partial charge on any atom is 0.266 e. The number of rotatable bonds is 4. The van der Waals surface area contributed by atoms with Crippen molar-refractivity contribution in [2.24, 2.45) is 0 Å². The Morgan fingerprint density at radius 3 is 3.00 bits per heavy atom. The molecule has 0 radical (unpaired) electrons. The van der Waals surface area contributed by atoms with E-state index in [4.69, 9.17) is 16.0 Å². The lowest BCUT2D eigenvalue weighted by atomic mass is 10.1. The highest BCUT2D eigenvalue weighted by Gasteiger charge is 2.35. The summed E-state index contributed by atoms with van der Waals surface area (Å²) in [6.07, 6.45) is 4.12. The molecule has 0 aliphatic carbocycles. The first-order valence-electron chi connectivity index (χ1n) is 8.52. The van der Waals surface area contributed by atoms with E-state index in [9.17, 15) is 4.79 Å². The minimum Gasteiger partial charge on any atom is -0.443 e. The summed E-state index contributed by atoms with van der Waals surface area (Å²) in [5.74, 6) is 1.36. The van der Waals surface area contributed by atoms with Crippen molar-refractivity contribution < 1.29 is 9.21 Å². The molecule has 3 heterocycles. The summed E-state index contributed by atoms with van der Waals surface area (Å²) in [7, 11) is 0. The molecule has 1 aliphatic rings. The Morgan fingerprint density at radius 1 is 1.38 bits per heavy atom. The van der Waals surface area contributed by atoms with Gasteiger partial charge in [-0.05, 0) is 31.4 Å². The van der Waals surface area contributed by atoms with Gasteiger partial charge in [0.25, 0.3) is 5.91 Å². The van der Waals surface area contributed by atoms with Crippen LogP contribution in [0.4, 0.5) is 0 Å². The topological polar surface area (TPSA) is 59.2 Å². The second-order valence-electron chi connectivity index (χ2n) is 6.36. The summed E-state index contributed by atoms with van der Waals surface area (Å²) in [5, 5.41) is 0.712. The molecule has 1 fully saturated rings. The van der Waals surface area contributed by atoms with E-state index in [2.05, 4.69) is 9.97 Å². The van der Waals surface area contributed by atoms with Crippen LogP contribution in [0, 0.1) is 6.92 Å². The van der Waals surface area contributed by atoms with Crippen molar-refractivity contribution in [2.45, 2.75) is 32.2 Å². The quantitative estimate of drug-likeness (QED) is 0.653. The molecule has 1 aliphatic heterocycles. The summed E-state index contributed by atoms with van der Waals surface area (Å²) in [4.78, 5) is 24.0. The van der Waals surface area contributed by atoms with Crippen LogP contribution in [0.25, 0.3) is 0 Å². The minimum absolute atomic E-state index is 0.0124. The van der Waals surface area contributed by atoms with E-state index in [0.717, 1.165) is 29.9 Å². The number of hydrogen-bond acceptors (Lipinski definition) is 5. The van der Waals surface area contributed by atoms with Crippen molar-refractivity contribution in [3.63, 3.8) is 0 Å². The van der Waals surface area contributed by atoms with Gasteiger partial charge in [0, 0.05) is 18.0 Å². The van der Waals surface area contributed by atoms with Crippen LogP contribution >= 0.6 is 22.9 Å². The Bertz CT molecular complexity index is 936. The fraction of sp³-hybridized carbons (Fsp3) is 0.316. The average molecular weight is 388 g/mol. The molecule has 3 aromatic rings. The number of thiazole rings is 1. The van der Waals surface area contributed by atoms with Gasteiger partial charge in [0.1, 0.15) is 16.7 Å².